The molecule has 0 aliphatic carbocycles. The minimum Gasteiger partial charge on any atom is -0.494 e. The summed E-state index contributed by atoms with van der Waals surface area (Å²) in [6, 6.07) is 16.0. The zero-order chi connectivity index (χ0) is 17.5. The SMILES string of the molecule is CCCCOc1ccc2cc(-c3ccc(OCCCN)cc3)oc2c1. The smallest absolute Gasteiger partial charge is 0.138 e. The van der Waals surface area contributed by atoms with E-state index < -0.39 is 0 Å². The summed E-state index contributed by atoms with van der Waals surface area (Å²) in [6.45, 7) is 4.17. The average Bonchev–Trinajstić information content (AvgIpc) is 3.06. The van der Waals surface area contributed by atoms with Gasteiger partial charge in [0.25, 0.3) is 0 Å². The van der Waals surface area contributed by atoms with Gasteiger partial charge in [0.1, 0.15) is 22.8 Å². The fraction of sp³-hybridized carbons (Fsp3) is 0.333. The van der Waals surface area contributed by atoms with Crippen LogP contribution in [-0.4, -0.2) is 19.8 Å². The van der Waals surface area contributed by atoms with Crippen LogP contribution in [0.5, 0.6) is 11.5 Å². The molecule has 25 heavy (non-hydrogen) atoms. The third-order valence-electron chi connectivity index (χ3n) is 4.01. The molecule has 0 radical (unpaired) electrons. The first-order chi connectivity index (χ1) is 12.3. The first-order valence-electron chi connectivity index (χ1n) is 8.90. The van der Waals surface area contributed by atoms with Crippen LogP contribution in [0.4, 0.5) is 0 Å². The summed E-state index contributed by atoms with van der Waals surface area (Å²) in [5.74, 6) is 2.54. The Hall–Kier alpha value is -2.46. The second-order valence-electron chi connectivity index (χ2n) is 6.03. The number of fused-ring (bicyclic) bond motifs is 1. The maximum absolute atomic E-state index is 6.00. The number of benzene rings is 2. The molecule has 4 heteroatoms. The third-order valence-corrected chi connectivity index (χ3v) is 4.01. The molecule has 0 amide bonds. The predicted molar refractivity (Wildman–Crippen MR) is 101 cm³/mol. The van der Waals surface area contributed by atoms with Crippen LogP contribution in [-0.2, 0) is 0 Å². The molecule has 0 atom stereocenters. The summed E-state index contributed by atoms with van der Waals surface area (Å²) in [5.41, 5.74) is 7.34. The van der Waals surface area contributed by atoms with Gasteiger partial charge in [0.05, 0.1) is 13.2 Å². The van der Waals surface area contributed by atoms with Gasteiger partial charge in [0, 0.05) is 17.0 Å². The van der Waals surface area contributed by atoms with E-state index in [9.17, 15) is 0 Å². The van der Waals surface area contributed by atoms with Gasteiger partial charge in [0.15, 0.2) is 0 Å². The quantitative estimate of drug-likeness (QED) is 0.557. The molecular formula is C21H25NO3. The van der Waals surface area contributed by atoms with Crippen LogP contribution in [0.3, 0.4) is 0 Å². The van der Waals surface area contributed by atoms with Crippen molar-refractivity contribution in [3.63, 3.8) is 0 Å². The van der Waals surface area contributed by atoms with Crippen LogP contribution in [0.1, 0.15) is 26.2 Å². The number of nitrogens with two attached hydrogens (primary N) is 1. The molecular weight excluding hydrogens is 314 g/mol. The van der Waals surface area contributed by atoms with Crippen molar-refractivity contribution < 1.29 is 13.9 Å². The highest BCUT2D eigenvalue weighted by Crippen LogP contribution is 2.31. The number of unbranched alkanes of at least 4 members (excludes halogenated alkanes) is 1. The zero-order valence-electron chi connectivity index (χ0n) is 14.7. The summed E-state index contributed by atoms with van der Waals surface area (Å²) < 4.78 is 17.4. The van der Waals surface area contributed by atoms with Crippen molar-refractivity contribution >= 4 is 11.0 Å². The molecule has 2 aromatic carbocycles. The molecule has 0 spiro atoms. The number of rotatable bonds is 9. The van der Waals surface area contributed by atoms with Crippen molar-refractivity contribution in [2.75, 3.05) is 19.8 Å². The van der Waals surface area contributed by atoms with Crippen LogP contribution < -0.4 is 15.2 Å². The third kappa shape index (κ3) is 4.54. The van der Waals surface area contributed by atoms with Crippen molar-refractivity contribution in [3.05, 3.63) is 48.5 Å². The highest BCUT2D eigenvalue weighted by Gasteiger charge is 2.08. The zero-order valence-corrected chi connectivity index (χ0v) is 14.7. The minimum absolute atomic E-state index is 0.640. The summed E-state index contributed by atoms with van der Waals surface area (Å²) in [7, 11) is 0. The van der Waals surface area contributed by atoms with E-state index in [2.05, 4.69) is 13.0 Å². The Balaban J connectivity index is 1.72. The van der Waals surface area contributed by atoms with E-state index >= 15 is 0 Å². The minimum atomic E-state index is 0.640. The molecule has 0 aliphatic rings. The fourth-order valence-electron chi connectivity index (χ4n) is 2.57. The Morgan fingerprint density at radius 2 is 1.60 bits per heavy atom. The fourth-order valence-corrected chi connectivity index (χ4v) is 2.57. The molecule has 0 saturated heterocycles. The van der Waals surface area contributed by atoms with E-state index in [1.807, 2.05) is 42.5 Å². The topological polar surface area (TPSA) is 57.6 Å². The lowest BCUT2D eigenvalue weighted by atomic mass is 10.1. The Morgan fingerprint density at radius 1 is 0.880 bits per heavy atom. The van der Waals surface area contributed by atoms with E-state index in [1.165, 1.54) is 0 Å². The molecule has 0 saturated carbocycles. The van der Waals surface area contributed by atoms with E-state index in [4.69, 9.17) is 19.6 Å². The van der Waals surface area contributed by atoms with Gasteiger partial charge in [-0.05, 0) is 61.9 Å². The normalized spacial score (nSPS) is 11.0. The average molecular weight is 339 g/mol. The van der Waals surface area contributed by atoms with Crippen LogP contribution in [0.25, 0.3) is 22.3 Å². The van der Waals surface area contributed by atoms with E-state index in [0.717, 1.165) is 59.7 Å². The van der Waals surface area contributed by atoms with Gasteiger partial charge in [-0.3, -0.25) is 0 Å². The molecule has 1 heterocycles. The largest absolute Gasteiger partial charge is 0.494 e. The predicted octanol–water partition coefficient (Wildman–Crippen LogP) is 5.01. The molecule has 0 fully saturated rings. The summed E-state index contributed by atoms with van der Waals surface area (Å²) >= 11 is 0. The molecule has 0 bridgehead atoms. The second-order valence-corrected chi connectivity index (χ2v) is 6.03. The Kier molecular flexibility index (Phi) is 5.96. The first-order valence-corrected chi connectivity index (χ1v) is 8.90. The molecule has 4 nitrogen and oxygen atoms in total. The van der Waals surface area contributed by atoms with Gasteiger partial charge in [-0.2, -0.15) is 0 Å². The molecule has 0 unspecified atom stereocenters. The Labute approximate surface area is 148 Å². The van der Waals surface area contributed by atoms with Crippen LogP contribution in [0, 0.1) is 0 Å². The van der Waals surface area contributed by atoms with Crippen molar-refractivity contribution in [3.8, 4) is 22.8 Å². The van der Waals surface area contributed by atoms with Crippen molar-refractivity contribution in [1.82, 2.24) is 0 Å². The Morgan fingerprint density at radius 3 is 2.36 bits per heavy atom. The standard InChI is InChI=1S/C21H25NO3/c1-2-3-12-24-19-10-7-17-14-20(25-21(17)15-19)16-5-8-18(9-6-16)23-13-4-11-22/h5-10,14-15H,2-4,11-13,22H2,1H3. The van der Waals surface area contributed by atoms with Crippen molar-refractivity contribution in [2.24, 2.45) is 5.73 Å². The lowest BCUT2D eigenvalue weighted by Crippen LogP contribution is -2.05. The summed E-state index contributed by atoms with van der Waals surface area (Å²) in [6.07, 6.45) is 3.04. The van der Waals surface area contributed by atoms with Crippen LogP contribution >= 0.6 is 0 Å². The molecule has 3 rings (SSSR count). The van der Waals surface area contributed by atoms with E-state index in [0.29, 0.717) is 13.2 Å². The van der Waals surface area contributed by atoms with Crippen LogP contribution in [0.15, 0.2) is 52.9 Å². The molecule has 0 aliphatic heterocycles. The second kappa shape index (κ2) is 8.58. The maximum Gasteiger partial charge on any atom is 0.138 e. The summed E-state index contributed by atoms with van der Waals surface area (Å²) in [4.78, 5) is 0. The van der Waals surface area contributed by atoms with Crippen LogP contribution in [0.2, 0.25) is 0 Å². The number of ether oxygens (including phenoxy) is 2. The molecule has 3 aromatic rings. The van der Waals surface area contributed by atoms with E-state index in [-0.39, 0.29) is 0 Å². The molecule has 132 valence electrons. The monoisotopic (exact) mass is 339 g/mol. The van der Waals surface area contributed by atoms with E-state index in [1.54, 1.807) is 0 Å². The van der Waals surface area contributed by atoms with Crippen molar-refractivity contribution in [2.45, 2.75) is 26.2 Å². The van der Waals surface area contributed by atoms with Gasteiger partial charge in [-0.1, -0.05) is 13.3 Å². The van der Waals surface area contributed by atoms with Gasteiger partial charge in [-0.25, -0.2) is 0 Å². The number of furan rings is 1. The lowest BCUT2D eigenvalue weighted by Gasteiger charge is -2.05. The van der Waals surface area contributed by atoms with Gasteiger partial charge in [0.2, 0.25) is 0 Å². The van der Waals surface area contributed by atoms with Gasteiger partial charge >= 0.3 is 0 Å². The highest BCUT2D eigenvalue weighted by molar-refractivity contribution is 5.84. The van der Waals surface area contributed by atoms with Gasteiger partial charge in [-0.15, -0.1) is 0 Å². The lowest BCUT2D eigenvalue weighted by molar-refractivity contribution is 0.309. The summed E-state index contributed by atoms with van der Waals surface area (Å²) in [5, 5.41) is 1.07. The number of hydrogen-bond acceptors (Lipinski definition) is 4. The molecule has 2 N–H and O–H groups in total. The number of hydrogen-bond donors (Lipinski definition) is 1. The highest BCUT2D eigenvalue weighted by atomic mass is 16.5. The Bertz CT molecular complexity index is 793. The van der Waals surface area contributed by atoms with Crippen molar-refractivity contribution in [1.29, 1.82) is 0 Å². The molecule has 1 aromatic heterocycles. The first kappa shape index (κ1) is 17.4. The maximum atomic E-state index is 6.00. The van der Waals surface area contributed by atoms with Gasteiger partial charge < -0.3 is 19.6 Å².